The van der Waals surface area contributed by atoms with E-state index in [9.17, 15) is 4.79 Å². The number of amidine groups is 1. The van der Waals surface area contributed by atoms with Crippen LogP contribution >= 0.6 is 0 Å². The Morgan fingerprint density at radius 3 is 2.68 bits per heavy atom. The molecule has 2 aromatic rings. The Labute approximate surface area is 184 Å². The van der Waals surface area contributed by atoms with Crippen molar-refractivity contribution in [3.8, 4) is 11.1 Å². The van der Waals surface area contributed by atoms with E-state index in [1.54, 1.807) is 0 Å². The van der Waals surface area contributed by atoms with E-state index in [0.29, 0.717) is 45.4 Å². The molecule has 0 spiro atoms. The lowest BCUT2D eigenvalue weighted by molar-refractivity contribution is 0.0303. The van der Waals surface area contributed by atoms with Gasteiger partial charge in [-0.15, -0.1) is 0 Å². The van der Waals surface area contributed by atoms with Gasteiger partial charge in [0, 0.05) is 18.7 Å². The van der Waals surface area contributed by atoms with E-state index in [0.717, 1.165) is 35.1 Å². The molecule has 0 saturated carbocycles. The molecule has 0 aliphatic carbocycles. The Kier molecular flexibility index (Phi) is 6.39. The molecule has 1 fully saturated rings. The average Bonchev–Trinajstić information content (AvgIpc) is 2.79. The van der Waals surface area contributed by atoms with Crippen LogP contribution in [0.1, 0.15) is 41.8 Å². The van der Waals surface area contributed by atoms with Gasteiger partial charge in [0.1, 0.15) is 18.0 Å². The highest BCUT2D eigenvalue weighted by atomic mass is 16.5. The van der Waals surface area contributed by atoms with Crippen molar-refractivity contribution in [2.75, 3.05) is 39.5 Å². The number of nitrogens with zero attached hydrogens (tertiary/aromatic N) is 2. The molecule has 1 atom stereocenters. The fourth-order valence-corrected chi connectivity index (χ4v) is 4.28. The molecule has 31 heavy (non-hydrogen) atoms. The van der Waals surface area contributed by atoms with Gasteiger partial charge in [0.25, 0.3) is 5.91 Å². The first-order valence-electron chi connectivity index (χ1n) is 11.0. The third kappa shape index (κ3) is 4.81. The zero-order valence-corrected chi connectivity index (χ0v) is 18.4. The predicted molar refractivity (Wildman–Crippen MR) is 122 cm³/mol. The number of carbonyl (C=O) groups excluding carboxylic acids is 1. The normalized spacial score (nSPS) is 21.6. The van der Waals surface area contributed by atoms with Crippen LogP contribution in [0.5, 0.6) is 0 Å². The molecule has 2 aromatic carbocycles. The van der Waals surface area contributed by atoms with Gasteiger partial charge in [-0.25, -0.2) is 0 Å². The maximum atomic E-state index is 13.2. The highest BCUT2D eigenvalue weighted by Gasteiger charge is 2.30. The van der Waals surface area contributed by atoms with Gasteiger partial charge < -0.3 is 20.1 Å². The summed E-state index contributed by atoms with van der Waals surface area (Å²) in [6.45, 7) is 7.54. The number of nitrogens with two attached hydrogens (primary N) is 1. The zero-order chi connectivity index (χ0) is 21.8. The summed E-state index contributed by atoms with van der Waals surface area (Å²) in [5, 5.41) is 0. The number of aliphatic imine (C=N–C) groups is 1. The summed E-state index contributed by atoms with van der Waals surface area (Å²) in [5.74, 6) is 0.589. The van der Waals surface area contributed by atoms with Gasteiger partial charge >= 0.3 is 0 Å². The van der Waals surface area contributed by atoms with E-state index in [2.05, 4.69) is 36.2 Å². The van der Waals surface area contributed by atoms with Gasteiger partial charge in [-0.1, -0.05) is 37.6 Å². The van der Waals surface area contributed by atoms with Gasteiger partial charge in [-0.3, -0.25) is 9.79 Å². The number of aryl methyl sites for hydroxylation is 1. The predicted octanol–water partition coefficient (Wildman–Crippen LogP) is 3.38. The lowest BCUT2D eigenvalue weighted by Crippen LogP contribution is -2.40. The molecule has 6 nitrogen and oxygen atoms in total. The third-order valence-electron chi connectivity index (χ3n) is 5.92. The number of rotatable bonds is 5. The van der Waals surface area contributed by atoms with Gasteiger partial charge in [0.2, 0.25) is 0 Å². The minimum absolute atomic E-state index is 0.0728. The molecular weight excluding hydrogens is 390 g/mol. The first kappa shape index (κ1) is 21.5. The molecule has 164 valence electrons. The summed E-state index contributed by atoms with van der Waals surface area (Å²) in [6, 6.07) is 14.5. The molecule has 4 rings (SSSR count). The Morgan fingerprint density at radius 2 is 1.94 bits per heavy atom. The van der Waals surface area contributed by atoms with Crippen LogP contribution in [0.2, 0.25) is 0 Å². The van der Waals surface area contributed by atoms with Crippen molar-refractivity contribution in [3.63, 3.8) is 0 Å². The third-order valence-corrected chi connectivity index (χ3v) is 5.92. The molecule has 2 aliphatic rings. The fourth-order valence-electron chi connectivity index (χ4n) is 4.28. The van der Waals surface area contributed by atoms with E-state index in [4.69, 9.17) is 15.2 Å². The molecule has 2 N–H and O–H groups in total. The number of amides is 1. The van der Waals surface area contributed by atoms with Crippen LogP contribution in [0.25, 0.3) is 11.1 Å². The Balaban J connectivity index is 1.71. The second kappa shape index (κ2) is 9.20. The Hall–Kier alpha value is -2.70. The fraction of sp³-hybridized carbons (Fsp3) is 0.440. The van der Waals surface area contributed by atoms with Crippen LogP contribution < -0.4 is 5.73 Å². The maximum Gasteiger partial charge on any atom is 0.254 e. The largest absolute Gasteiger partial charge is 0.386 e. The molecular formula is C25H31N3O3. The highest BCUT2D eigenvalue weighted by molar-refractivity contribution is 5.96. The van der Waals surface area contributed by atoms with Crippen LogP contribution in [-0.2, 0) is 21.4 Å². The number of morpholine rings is 1. The van der Waals surface area contributed by atoms with Crippen molar-refractivity contribution in [1.82, 2.24) is 4.90 Å². The van der Waals surface area contributed by atoms with Crippen molar-refractivity contribution in [2.45, 2.75) is 32.2 Å². The number of hydrogen-bond acceptors (Lipinski definition) is 5. The molecule has 1 unspecified atom stereocenters. The van der Waals surface area contributed by atoms with Crippen molar-refractivity contribution < 1.29 is 14.3 Å². The van der Waals surface area contributed by atoms with Gasteiger partial charge in [0.15, 0.2) is 0 Å². The van der Waals surface area contributed by atoms with E-state index < -0.39 is 5.54 Å². The maximum absolute atomic E-state index is 13.2. The van der Waals surface area contributed by atoms with Crippen LogP contribution in [-0.4, -0.2) is 56.2 Å². The van der Waals surface area contributed by atoms with Gasteiger partial charge in [-0.2, -0.15) is 0 Å². The summed E-state index contributed by atoms with van der Waals surface area (Å²) in [6.07, 6.45) is 1.96. The molecule has 0 radical (unpaired) electrons. The quantitative estimate of drug-likeness (QED) is 0.803. The summed E-state index contributed by atoms with van der Waals surface area (Å²) < 4.78 is 11.1. The topological polar surface area (TPSA) is 77.2 Å². The number of benzene rings is 2. The number of ether oxygens (including phenoxy) is 2. The lowest BCUT2D eigenvalue weighted by Gasteiger charge is -2.30. The van der Waals surface area contributed by atoms with Crippen LogP contribution in [0, 0.1) is 0 Å². The number of carbonyl (C=O) groups is 1. The molecule has 2 heterocycles. The lowest BCUT2D eigenvalue weighted by atomic mass is 9.89. The number of hydrogen-bond donors (Lipinski definition) is 1. The minimum atomic E-state index is -0.508. The van der Waals surface area contributed by atoms with E-state index in [1.807, 2.05) is 30.0 Å². The van der Waals surface area contributed by atoms with Crippen molar-refractivity contribution in [1.29, 1.82) is 0 Å². The minimum Gasteiger partial charge on any atom is -0.386 e. The van der Waals surface area contributed by atoms with Gasteiger partial charge in [0.05, 0.1) is 19.8 Å². The standard InChI is InChI=1S/C25H31N3O3/c1-3-5-18-12-20(14-21(13-18)24(29)28-8-10-30-11-9-28)19-6-4-7-22(15-19)25(2)17-31-16-23(26)27-25/h4,6-7,12-15H,3,5,8-11,16-17H2,1-2H3,(H2,26,27). The second-order valence-corrected chi connectivity index (χ2v) is 8.52. The summed E-state index contributed by atoms with van der Waals surface area (Å²) in [7, 11) is 0. The Bertz CT molecular complexity index is 982. The van der Waals surface area contributed by atoms with Crippen molar-refractivity contribution >= 4 is 11.7 Å². The van der Waals surface area contributed by atoms with Crippen LogP contribution in [0.15, 0.2) is 47.5 Å². The monoisotopic (exact) mass is 421 g/mol. The molecule has 0 aromatic heterocycles. The SMILES string of the molecule is CCCc1cc(C(=O)N2CCOCC2)cc(-c2cccc(C3(C)COCC(N)=N3)c2)c1. The second-order valence-electron chi connectivity index (χ2n) is 8.52. The highest BCUT2D eigenvalue weighted by Crippen LogP contribution is 2.32. The molecule has 1 saturated heterocycles. The first-order valence-corrected chi connectivity index (χ1v) is 11.0. The Morgan fingerprint density at radius 1 is 1.13 bits per heavy atom. The average molecular weight is 422 g/mol. The van der Waals surface area contributed by atoms with Crippen molar-refractivity contribution in [3.05, 3.63) is 59.2 Å². The van der Waals surface area contributed by atoms with Gasteiger partial charge in [-0.05, 0) is 53.8 Å². The molecule has 6 heteroatoms. The van der Waals surface area contributed by atoms with Crippen LogP contribution in [0.3, 0.4) is 0 Å². The smallest absolute Gasteiger partial charge is 0.254 e. The summed E-state index contributed by atoms with van der Waals surface area (Å²) in [4.78, 5) is 19.7. The zero-order valence-electron chi connectivity index (χ0n) is 18.4. The van der Waals surface area contributed by atoms with E-state index >= 15 is 0 Å². The molecule has 2 aliphatic heterocycles. The van der Waals surface area contributed by atoms with E-state index in [-0.39, 0.29) is 5.91 Å². The molecule has 0 bridgehead atoms. The van der Waals surface area contributed by atoms with Crippen LogP contribution in [0.4, 0.5) is 0 Å². The molecule has 1 amide bonds. The first-order chi connectivity index (χ1) is 15.0. The summed E-state index contributed by atoms with van der Waals surface area (Å²) in [5.41, 5.74) is 10.5. The summed E-state index contributed by atoms with van der Waals surface area (Å²) >= 11 is 0. The van der Waals surface area contributed by atoms with Crippen molar-refractivity contribution in [2.24, 2.45) is 10.7 Å². The van der Waals surface area contributed by atoms with E-state index in [1.165, 1.54) is 5.56 Å².